The molecule has 2 aliphatic rings. The van der Waals surface area contributed by atoms with E-state index < -0.39 is 11.2 Å². The maximum atomic E-state index is 12.0. The van der Waals surface area contributed by atoms with Gasteiger partial charge < -0.3 is 14.2 Å². The Balaban J connectivity index is 2.19. The highest BCUT2D eigenvalue weighted by Crippen LogP contribution is 2.48. The van der Waals surface area contributed by atoms with E-state index in [4.69, 9.17) is 19.0 Å². The van der Waals surface area contributed by atoms with Gasteiger partial charge in [0, 0.05) is 23.9 Å². The van der Waals surface area contributed by atoms with E-state index >= 15 is 0 Å². The lowest BCUT2D eigenvalue weighted by Gasteiger charge is -2.59. The van der Waals surface area contributed by atoms with Crippen LogP contribution in [0.1, 0.15) is 61.3 Å². The van der Waals surface area contributed by atoms with Crippen LogP contribution in [0.25, 0.3) is 0 Å². The van der Waals surface area contributed by atoms with Crippen molar-refractivity contribution in [2.75, 3.05) is 20.3 Å². The van der Waals surface area contributed by atoms with Crippen LogP contribution in [0.3, 0.4) is 0 Å². The van der Waals surface area contributed by atoms with Gasteiger partial charge in [0.25, 0.3) is 0 Å². The highest BCUT2D eigenvalue weighted by atomic mass is 16.7. The molecule has 0 N–H and O–H groups in total. The molecule has 2 rings (SSSR count). The number of hydrogen-bond acceptors (Lipinski definition) is 6. The van der Waals surface area contributed by atoms with Gasteiger partial charge in [-0.3, -0.25) is 9.63 Å². The summed E-state index contributed by atoms with van der Waals surface area (Å²) >= 11 is 0. The number of esters is 1. The minimum Gasteiger partial charge on any atom is -0.468 e. The summed E-state index contributed by atoms with van der Waals surface area (Å²) in [5, 5.41) is 2.08. The van der Waals surface area contributed by atoms with E-state index in [1.807, 2.05) is 20.8 Å². The van der Waals surface area contributed by atoms with Crippen LogP contribution >= 0.6 is 0 Å². The number of hydrogen-bond donors (Lipinski definition) is 0. The molecule has 0 saturated carbocycles. The van der Waals surface area contributed by atoms with Crippen molar-refractivity contribution in [1.29, 1.82) is 0 Å². The molecule has 24 heavy (non-hydrogen) atoms. The molecule has 2 aliphatic heterocycles. The smallest absolute Gasteiger partial charge is 0.316 e. The van der Waals surface area contributed by atoms with Crippen LogP contribution in [-0.2, 0) is 23.8 Å². The number of hydroxylamine groups is 2. The largest absolute Gasteiger partial charge is 0.468 e. The first-order valence-corrected chi connectivity index (χ1v) is 8.69. The number of carbonyl (C=O) groups is 1. The van der Waals surface area contributed by atoms with E-state index in [9.17, 15) is 4.79 Å². The molecule has 2 fully saturated rings. The number of ether oxygens (including phenoxy) is 3. The Morgan fingerprint density at radius 2 is 1.46 bits per heavy atom. The van der Waals surface area contributed by atoms with E-state index in [-0.39, 0.29) is 23.2 Å². The van der Waals surface area contributed by atoms with E-state index in [0.29, 0.717) is 26.1 Å². The second-order valence-electron chi connectivity index (χ2n) is 8.97. The quantitative estimate of drug-likeness (QED) is 0.735. The Kier molecular flexibility index (Phi) is 5.10. The Morgan fingerprint density at radius 3 is 1.83 bits per heavy atom. The number of carbonyl (C=O) groups excluding carboxylic acids is 1. The molecule has 0 amide bonds. The topological polar surface area (TPSA) is 57.2 Å². The number of nitrogens with zero attached hydrogens (tertiary/aromatic N) is 1. The van der Waals surface area contributed by atoms with E-state index in [1.54, 1.807) is 0 Å². The lowest BCUT2D eigenvalue weighted by atomic mass is 9.77. The maximum Gasteiger partial charge on any atom is 0.316 e. The zero-order valence-electron chi connectivity index (χ0n) is 16.4. The third kappa shape index (κ3) is 3.62. The van der Waals surface area contributed by atoms with Gasteiger partial charge in [-0.1, -0.05) is 0 Å². The van der Waals surface area contributed by atoms with E-state index in [1.165, 1.54) is 7.11 Å². The van der Waals surface area contributed by atoms with Gasteiger partial charge in [-0.25, -0.2) is 0 Å². The van der Waals surface area contributed by atoms with Gasteiger partial charge in [0.2, 0.25) is 0 Å². The van der Waals surface area contributed by atoms with Crippen LogP contribution in [0.15, 0.2) is 0 Å². The summed E-state index contributed by atoms with van der Waals surface area (Å²) in [5.41, 5.74) is -1.27. The molecule has 0 aliphatic carbocycles. The summed E-state index contributed by atoms with van der Waals surface area (Å²) in [6.45, 7) is 15.0. The van der Waals surface area contributed by atoms with Crippen molar-refractivity contribution in [3.05, 3.63) is 0 Å². The fourth-order valence-corrected chi connectivity index (χ4v) is 4.07. The van der Waals surface area contributed by atoms with E-state index in [2.05, 4.69) is 32.8 Å². The molecular formula is C18H33NO5. The maximum absolute atomic E-state index is 12.0. The molecule has 2 heterocycles. The Hall–Kier alpha value is -0.690. The molecule has 0 unspecified atom stereocenters. The molecule has 0 atom stereocenters. The number of piperidine rings is 1. The fraction of sp³-hybridized carbons (Fsp3) is 0.944. The van der Waals surface area contributed by atoms with Gasteiger partial charge in [-0.2, -0.15) is 5.06 Å². The standard InChI is InChI=1S/C18H33NO5/c1-13(2)24-19-15(3,4)9-18(10-16(19,5)6)22-11-17(7,12-23-18)14(20)21-8/h13H,9-12H2,1-8H3. The molecule has 0 bridgehead atoms. The summed E-state index contributed by atoms with van der Waals surface area (Å²) < 4.78 is 17.2. The lowest BCUT2D eigenvalue weighted by Crippen LogP contribution is -2.68. The number of methoxy groups -OCH3 is 1. The fourth-order valence-electron chi connectivity index (χ4n) is 4.07. The van der Waals surface area contributed by atoms with Gasteiger partial charge in [0.15, 0.2) is 5.79 Å². The van der Waals surface area contributed by atoms with Crippen molar-refractivity contribution in [2.45, 2.75) is 84.3 Å². The average molecular weight is 343 g/mol. The predicted molar refractivity (Wildman–Crippen MR) is 90.2 cm³/mol. The van der Waals surface area contributed by atoms with Crippen molar-refractivity contribution in [3.8, 4) is 0 Å². The highest BCUT2D eigenvalue weighted by molar-refractivity contribution is 5.76. The van der Waals surface area contributed by atoms with Crippen LogP contribution in [0.4, 0.5) is 0 Å². The third-order valence-corrected chi connectivity index (χ3v) is 4.81. The normalized spacial score (nSPS) is 28.0. The van der Waals surface area contributed by atoms with Crippen molar-refractivity contribution in [3.63, 3.8) is 0 Å². The SMILES string of the molecule is COC(=O)C1(C)COC2(CC(C)(C)N(OC(C)C)C(C)(C)C2)OC1. The molecular weight excluding hydrogens is 310 g/mol. The Morgan fingerprint density at radius 1 is 1.00 bits per heavy atom. The van der Waals surface area contributed by atoms with Gasteiger partial charge in [0.05, 0.1) is 26.4 Å². The molecule has 0 aromatic rings. The van der Waals surface area contributed by atoms with Crippen LogP contribution in [-0.4, -0.2) is 54.3 Å². The average Bonchev–Trinajstić information content (AvgIpc) is 2.45. The first-order valence-electron chi connectivity index (χ1n) is 8.69. The lowest BCUT2D eigenvalue weighted by molar-refractivity contribution is -0.385. The first-order chi connectivity index (χ1) is 10.9. The second kappa shape index (κ2) is 6.24. The predicted octanol–water partition coefficient (Wildman–Crippen LogP) is 2.90. The molecule has 0 aromatic carbocycles. The van der Waals surface area contributed by atoms with Gasteiger partial charge in [-0.05, 0) is 48.5 Å². The summed E-state index contributed by atoms with van der Waals surface area (Å²) in [6, 6.07) is 0. The zero-order chi connectivity index (χ0) is 18.4. The summed E-state index contributed by atoms with van der Waals surface area (Å²) in [7, 11) is 1.39. The summed E-state index contributed by atoms with van der Waals surface area (Å²) in [5.74, 6) is -0.992. The van der Waals surface area contributed by atoms with Gasteiger partial charge in [-0.15, -0.1) is 0 Å². The van der Waals surface area contributed by atoms with Gasteiger partial charge >= 0.3 is 5.97 Å². The Bertz CT molecular complexity index is 458. The first kappa shape index (κ1) is 19.6. The molecule has 0 radical (unpaired) electrons. The molecule has 0 aromatic heterocycles. The van der Waals surface area contributed by atoms with Crippen LogP contribution in [0.5, 0.6) is 0 Å². The third-order valence-electron chi connectivity index (χ3n) is 4.81. The molecule has 2 saturated heterocycles. The van der Waals surface area contributed by atoms with Crippen LogP contribution < -0.4 is 0 Å². The van der Waals surface area contributed by atoms with E-state index in [0.717, 1.165) is 0 Å². The van der Waals surface area contributed by atoms with Crippen molar-refractivity contribution in [1.82, 2.24) is 5.06 Å². The van der Waals surface area contributed by atoms with Crippen LogP contribution in [0.2, 0.25) is 0 Å². The summed E-state index contributed by atoms with van der Waals surface area (Å²) in [6.07, 6.45) is 1.45. The Labute approximate surface area is 145 Å². The van der Waals surface area contributed by atoms with Gasteiger partial charge in [0.1, 0.15) is 5.41 Å². The molecule has 6 nitrogen and oxygen atoms in total. The highest BCUT2D eigenvalue weighted by Gasteiger charge is 2.58. The van der Waals surface area contributed by atoms with Crippen LogP contribution in [0, 0.1) is 5.41 Å². The molecule has 1 spiro atoms. The molecule has 6 heteroatoms. The monoisotopic (exact) mass is 343 g/mol. The van der Waals surface area contributed by atoms with Crippen molar-refractivity contribution in [2.24, 2.45) is 5.41 Å². The zero-order valence-corrected chi connectivity index (χ0v) is 16.4. The summed E-state index contributed by atoms with van der Waals surface area (Å²) in [4.78, 5) is 18.1. The minimum atomic E-state index is -0.750. The molecule has 140 valence electrons. The number of rotatable bonds is 3. The minimum absolute atomic E-state index is 0.105. The second-order valence-corrected chi connectivity index (χ2v) is 8.97. The van der Waals surface area contributed by atoms with Crippen molar-refractivity contribution >= 4 is 5.97 Å². The van der Waals surface area contributed by atoms with Crippen molar-refractivity contribution < 1.29 is 23.8 Å².